The number of carbonyl (C=O) groups excluding carboxylic acids is 2. The molecule has 0 aliphatic carbocycles. The van der Waals surface area contributed by atoms with Crippen molar-refractivity contribution in [1.82, 2.24) is 19.3 Å². The lowest BCUT2D eigenvalue weighted by Gasteiger charge is -2.36. The summed E-state index contributed by atoms with van der Waals surface area (Å²) in [5, 5.41) is 3.45. The Balaban J connectivity index is 1.34. The first-order chi connectivity index (χ1) is 25.6. The van der Waals surface area contributed by atoms with Gasteiger partial charge >= 0.3 is 0 Å². The van der Waals surface area contributed by atoms with Crippen molar-refractivity contribution >= 4 is 17.5 Å². The summed E-state index contributed by atoms with van der Waals surface area (Å²) in [7, 11) is 6.33. The van der Waals surface area contributed by atoms with Crippen molar-refractivity contribution in [1.29, 1.82) is 0 Å². The fourth-order valence-electron chi connectivity index (χ4n) is 8.34. The highest BCUT2D eigenvalue weighted by atomic mass is 16.2. The van der Waals surface area contributed by atoms with Crippen molar-refractivity contribution in [3.63, 3.8) is 0 Å². The number of carbonyl (C=O) groups is 2. The number of fused-ring (bicyclic) bond motifs is 2. The molecule has 53 heavy (non-hydrogen) atoms. The molecular weight excluding hydrogens is 655 g/mol. The molecule has 7 heteroatoms. The SMILES string of the molecule is CCCCc1c(CCCC)c(-c2cc3c(cc2C(=O)N2Cc4ccccc4C[C@H]2C)CN(C(=O)Cc2ccc(NCCN(C)C)cc2)CC3)n(C)c1C. The van der Waals surface area contributed by atoms with Crippen molar-refractivity contribution in [3.8, 4) is 11.3 Å². The third-order valence-electron chi connectivity index (χ3n) is 11.6. The van der Waals surface area contributed by atoms with Gasteiger partial charge in [-0.1, -0.05) is 63.1 Å². The van der Waals surface area contributed by atoms with Crippen molar-refractivity contribution < 1.29 is 9.59 Å². The van der Waals surface area contributed by atoms with E-state index in [1.807, 2.05) is 4.90 Å². The van der Waals surface area contributed by atoms with Crippen molar-refractivity contribution in [2.45, 2.75) is 105 Å². The van der Waals surface area contributed by atoms with Crippen molar-refractivity contribution in [2.75, 3.05) is 39.0 Å². The molecule has 2 aliphatic rings. The van der Waals surface area contributed by atoms with Gasteiger partial charge in [0.15, 0.2) is 0 Å². The van der Waals surface area contributed by atoms with Crippen molar-refractivity contribution in [3.05, 3.63) is 111 Å². The molecule has 0 unspecified atom stereocenters. The molecular formula is C46H61N5O2. The molecule has 0 saturated carbocycles. The van der Waals surface area contributed by atoms with E-state index in [0.717, 1.165) is 92.4 Å². The number of nitrogens with one attached hydrogen (secondary N) is 1. The number of rotatable bonds is 14. The summed E-state index contributed by atoms with van der Waals surface area (Å²) < 4.78 is 2.37. The fourth-order valence-corrected chi connectivity index (χ4v) is 8.34. The van der Waals surface area contributed by atoms with Gasteiger partial charge in [-0.15, -0.1) is 0 Å². The van der Waals surface area contributed by atoms with Gasteiger partial charge in [0.1, 0.15) is 0 Å². The molecule has 0 fully saturated rings. The van der Waals surface area contributed by atoms with Crippen LogP contribution < -0.4 is 5.32 Å². The van der Waals surface area contributed by atoms with Gasteiger partial charge < -0.3 is 24.6 Å². The van der Waals surface area contributed by atoms with Crippen LogP contribution >= 0.6 is 0 Å². The van der Waals surface area contributed by atoms with Crippen LogP contribution in [0.25, 0.3) is 11.3 Å². The van der Waals surface area contributed by atoms with E-state index in [-0.39, 0.29) is 17.9 Å². The molecule has 2 amide bonds. The average Bonchev–Trinajstić information content (AvgIpc) is 3.39. The molecule has 282 valence electrons. The largest absolute Gasteiger partial charge is 0.384 e. The molecule has 0 bridgehead atoms. The number of hydrogen-bond donors (Lipinski definition) is 1. The maximum atomic E-state index is 15.0. The van der Waals surface area contributed by atoms with E-state index in [0.29, 0.717) is 26.1 Å². The number of aromatic nitrogens is 1. The summed E-state index contributed by atoms with van der Waals surface area (Å²) in [5.74, 6) is 0.214. The van der Waals surface area contributed by atoms with E-state index >= 15 is 4.79 Å². The fraction of sp³-hybridized carbons (Fsp3) is 0.478. The highest BCUT2D eigenvalue weighted by molar-refractivity contribution is 6.02. The normalized spacial score (nSPS) is 15.4. The lowest BCUT2D eigenvalue weighted by Crippen LogP contribution is -2.43. The second-order valence-electron chi connectivity index (χ2n) is 15.7. The van der Waals surface area contributed by atoms with Gasteiger partial charge in [-0.3, -0.25) is 9.59 Å². The molecule has 2 aliphatic heterocycles. The third kappa shape index (κ3) is 8.56. The number of hydrogen-bond acceptors (Lipinski definition) is 4. The maximum absolute atomic E-state index is 15.0. The number of unbranched alkanes of at least 4 members (excludes halogenated alkanes) is 2. The van der Waals surface area contributed by atoms with E-state index in [2.05, 4.69) is 129 Å². The average molecular weight is 716 g/mol. The topological polar surface area (TPSA) is 60.8 Å². The first kappa shape index (κ1) is 38.4. The van der Waals surface area contributed by atoms with Crippen LogP contribution in [-0.4, -0.2) is 70.9 Å². The lowest BCUT2D eigenvalue weighted by atomic mass is 9.87. The maximum Gasteiger partial charge on any atom is 0.255 e. The van der Waals surface area contributed by atoms with Crippen molar-refractivity contribution in [2.24, 2.45) is 7.05 Å². The van der Waals surface area contributed by atoms with Gasteiger partial charge in [0.05, 0.1) is 12.1 Å². The zero-order chi connectivity index (χ0) is 37.6. The summed E-state index contributed by atoms with van der Waals surface area (Å²) >= 11 is 0. The number of amides is 2. The first-order valence-electron chi connectivity index (χ1n) is 20.1. The summed E-state index contributed by atoms with van der Waals surface area (Å²) in [6.45, 7) is 12.6. The van der Waals surface area contributed by atoms with E-state index in [9.17, 15) is 4.79 Å². The highest BCUT2D eigenvalue weighted by Gasteiger charge is 2.33. The summed E-state index contributed by atoms with van der Waals surface area (Å²) in [6.07, 6.45) is 8.64. The van der Waals surface area contributed by atoms with Gasteiger partial charge in [0.2, 0.25) is 5.91 Å². The third-order valence-corrected chi connectivity index (χ3v) is 11.6. The Morgan fingerprint density at radius 1 is 0.868 bits per heavy atom. The highest BCUT2D eigenvalue weighted by Crippen LogP contribution is 2.39. The van der Waals surface area contributed by atoms with Gasteiger partial charge in [-0.25, -0.2) is 0 Å². The van der Waals surface area contributed by atoms with E-state index in [4.69, 9.17) is 0 Å². The van der Waals surface area contributed by atoms with Gasteiger partial charge in [-0.05, 0) is 130 Å². The molecule has 6 rings (SSSR count). The van der Waals surface area contributed by atoms with Crippen LogP contribution in [0.5, 0.6) is 0 Å². The molecule has 0 saturated heterocycles. The van der Waals surface area contributed by atoms with Crippen LogP contribution in [0.4, 0.5) is 5.69 Å². The Morgan fingerprint density at radius 3 is 2.26 bits per heavy atom. The Bertz CT molecular complexity index is 1910. The predicted octanol–water partition coefficient (Wildman–Crippen LogP) is 8.37. The summed E-state index contributed by atoms with van der Waals surface area (Å²) in [4.78, 5) is 35.0. The molecule has 3 heterocycles. The number of nitrogens with zero attached hydrogens (tertiary/aromatic N) is 4. The minimum absolute atomic E-state index is 0.0861. The second-order valence-corrected chi connectivity index (χ2v) is 15.7. The van der Waals surface area contributed by atoms with Gasteiger partial charge in [0.25, 0.3) is 5.91 Å². The predicted molar refractivity (Wildman–Crippen MR) is 219 cm³/mol. The molecule has 0 radical (unpaired) electrons. The minimum Gasteiger partial charge on any atom is -0.384 e. The van der Waals surface area contributed by atoms with E-state index in [1.54, 1.807) is 0 Å². The Morgan fingerprint density at radius 2 is 1.57 bits per heavy atom. The zero-order valence-electron chi connectivity index (χ0n) is 33.4. The minimum atomic E-state index is 0.0861. The monoisotopic (exact) mass is 715 g/mol. The summed E-state index contributed by atoms with van der Waals surface area (Å²) in [6, 6.07) is 21.4. The second kappa shape index (κ2) is 17.2. The Labute approximate surface area is 318 Å². The van der Waals surface area contributed by atoms with Crippen LogP contribution in [0, 0.1) is 6.92 Å². The molecule has 1 atom stereocenters. The van der Waals surface area contributed by atoms with Crippen LogP contribution in [0.15, 0.2) is 60.7 Å². The Kier molecular flexibility index (Phi) is 12.4. The van der Waals surface area contributed by atoms with Gasteiger partial charge in [-0.2, -0.15) is 0 Å². The number of likely N-dealkylation sites (N-methyl/N-ethyl adjacent to an activating group) is 1. The van der Waals surface area contributed by atoms with Crippen LogP contribution in [-0.2, 0) is 57.0 Å². The molecule has 4 aromatic rings. The lowest BCUT2D eigenvalue weighted by molar-refractivity contribution is -0.131. The summed E-state index contributed by atoms with van der Waals surface area (Å²) in [5.41, 5.74) is 14.2. The quantitative estimate of drug-likeness (QED) is 0.143. The Hall–Kier alpha value is -4.36. The van der Waals surface area contributed by atoms with Crippen LogP contribution in [0.3, 0.4) is 0 Å². The van der Waals surface area contributed by atoms with E-state index < -0.39 is 0 Å². The first-order valence-corrected chi connectivity index (χ1v) is 20.1. The molecule has 1 aromatic heterocycles. The van der Waals surface area contributed by atoms with Crippen LogP contribution in [0.2, 0.25) is 0 Å². The standard InChI is InChI=1S/C46H61N5O2/c1-8-10-16-40-33(4)49(7)45(41(40)17-11-9-2)42-28-36-22-24-50(44(52)27-34-18-20-39(21-19-34)47-23-25-48(5)6)30-38(36)29-43(42)46(53)51-31-37-15-13-12-14-35(37)26-32(51)3/h12-15,18-21,28-29,32,47H,8-11,16-17,22-27,30-31H2,1-7H3/t32-/m1/s1. The van der Waals surface area contributed by atoms with E-state index in [1.165, 1.54) is 39.2 Å². The van der Waals surface area contributed by atoms with Gasteiger partial charge in [0, 0.05) is 68.3 Å². The molecule has 7 nitrogen and oxygen atoms in total. The molecule has 3 aromatic carbocycles. The molecule has 1 N–H and O–H groups in total. The number of benzene rings is 3. The smallest absolute Gasteiger partial charge is 0.255 e. The zero-order valence-corrected chi connectivity index (χ0v) is 33.4. The molecule has 0 spiro atoms. The van der Waals surface area contributed by atoms with Crippen LogP contribution in [0.1, 0.15) is 101 Å². The number of anilines is 1.